The molecule has 1 rings (SSSR count). The van der Waals surface area contributed by atoms with Crippen LogP contribution in [0.5, 0.6) is 0 Å². The Morgan fingerprint density at radius 2 is 2.28 bits per heavy atom. The summed E-state index contributed by atoms with van der Waals surface area (Å²) in [5, 5.41) is 8.53. The van der Waals surface area contributed by atoms with Crippen molar-refractivity contribution in [2.24, 2.45) is 0 Å². The minimum atomic E-state index is -3.82. The lowest BCUT2D eigenvalue weighted by Gasteiger charge is -2.05. The van der Waals surface area contributed by atoms with Gasteiger partial charge in [-0.1, -0.05) is 0 Å². The van der Waals surface area contributed by atoms with E-state index < -0.39 is 22.5 Å². The molecule has 0 saturated carbocycles. The van der Waals surface area contributed by atoms with Crippen LogP contribution in [-0.2, 0) is 19.6 Å². The van der Waals surface area contributed by atoms with Crippen LogP contribution in [0.25, 0.3) is 0 Å². The predicted octanol–water partition coefficient (Wildman–Crippen LogP) is -0.205. The highest BCUT2D eigenvalue weighted by atomic mass is 32.2. The summed E-state index contributed by atoms with van der Waals surface area (Å²) in [5.74, 6) is -0.664. The van der Waals surface area contributed by atoms with Gasteiger partial charge >= 0.3 is 5.97 Å². The Kier molecular flexibility index (Phi) is 4.76. The Hall–Kier alpha value is -1.98. The zero-order valence-corrected chi connectivity index (χ0v) is 10.4. The summed E-state index contributed by atoms with van der Waals surface area (Å²) in [5.41, 5.74) is 0.111. The molecule has 18 heavy (non-hydrogen) atoms. The molecule has 0 aliphatic heterocycles. The highest BCUT2D eigenvalue weighted by Gasteiger charge is 2.16. The van der Waals surface area contributed by atoms with Crippen LogP contribution in [0.4, 0.5) is 0 Å². The maximum atomic E-state index is 11.7. The van der Waals surface area contributed by atoms with Crippen molar-refractivity contribution in [2.75, 3.05) is 13.2 Å². The molecule has 1 aromatic heterocycles. The molecule has 96 valence electrons. The van der Waals surface area contributed by atoms with Gasteiger partial charge in [0.1, 0.15) is 23.2 Å². The van der Waals surface area contributed by atoms with Gasteiger partial charge in [0, 0.05) is 6.20 Å². The molecular formula is C10H11N3O4S. The lowest BCUT2D eigenvalue weighted by molar-refractivity contribution is -0.141. The van der Waals surface area contributed by atoms with Crippen molar-refractivity contribution in [1.82, 2.24) is 9.71 Å². The van der Waals surface area contributed by atoms with Crippen LogP contribution in [0.2, 0.25) is 0 Å². The molecule has 0 bridgehead atoms. The molecule has 7 nitrogen and oxygen atoms in total. The molecule has 0 unspecified atom stereocenters. The summed E-state index contributed by atoms with van der Waals surface area (Å²) >= 11 is 0. The van der Waals surface area contributed by atoms with Crippen molar-refractivity contribution in [3.63, 3.8) is 0 Å². The quantitative estimate of drug-likeness (QED) is 0.741. The second kappa shape index (κ2) is 6.09. The van der Waals surface area contributed by atoms with Gasteiger partial charge in [-0.3, -0.25) is 4.79 Å². The number of aromatic nitrogens is 1. The number of hydrogen-bond acceptors (Lipinski definition) is 6. The SMILES string of the molecule is CCOC(=O)CNS(=O)(=O)c1ccc(C#N)nc1. The van der Waals surface area contributed by atoms with Gasteiger partial charge in [0.05, 0.1) is 6.61 Å². The number of pyridine rings is 1. The van der Waals surface area contributed by atoms with Crippen LogP contribution < -0.4 is 4.72 Å². The van der Waals surface area contributed by atoms with Gasteiger partial charge in [-0.15, -0.1) is 0 Å². The summed E-state index contributed by atoms with van der Waals surface area (Å²) in [6, 6.07) is 4.28. The topological polar surface area (TPSA) is 109 Å². The van der Waals surface area contributed by atoms with Crippen molar-refractivity contribution >= 4 is 16.0 Å². The minimum absolute atomic E-state index is 0.111. The highest BCUT2D eigenvalue weighted by Crippen LogP contribution is 2.06. The van der Waals surface area contributed by atoms with E-state index in [4.69, 9.17) is 5.26 Å². The summed E-state index contributed by atoms with van der Waals surface area (Å²) in [7, 11) is -3.82. The van der Waals surface area contributed by atoms with Crippen LogP contribution in [0.3, 0.4) is 0 Å². The van der Waals surface area contributed by atoms with Crippen molar-refractivity contribution in [3.8, 4) is 6.07 Å². The van der Waals surface area contributed by atoms with Crippen LogP contribution >= 0.6 is 0 Å². The molecule has 0 spiro atoms. The number of nitrogens with zero attached hydrogens (tertiary/aromatic N) is 2. The number of nitrogens with one attached hydrogen (secondary N) is 1. The molecule has 1 heterocycles. The van der Waals surface area contributed by atoms with E-state index in [-0.39, 0.29) is 17.2 Å². The number of nitriles is 1. The largest absolute Gasteiger partial charge is 0.465 e. The van der Waals surface area contributed by atoms with Crippen LogP contribution in [0.15, 0.2) is 23.2 Å². The zero-order valence-electron chi connectivity index (χ0n) is 9.58. The number of rotatable bonds is 5. The average molecular weight is 269 g/mol. The molecule has 0 amide bonds. The lowest BCUT2D eigenvalue weighted by atomic mass is 10.4. The first-order valence-electron chi connectivity index (χ1n) is 5.01. The molecular weight excluding hydrogens is 258 g/mol. The van der Waals surface area contributed by atoms with Crippen molar-refractivity contribution in [2.45, 2.75) is 11.8 Å². The Bertz CT molecular complexity index is 560. The van der Waals surface area contributed by atoms with E-state index in [0.29, 0.717) is 0 Å². The number of carbonyl (C=O) groups excluding carboxylic acids is 1. The molecule has 0 aliphatic rings. The Labute approximate surface area is 104 Å². The normalized spacial score (nSPS) is 10.7. The van der Waals surface area contributed by atoms with E-state index in [2.05, 4.69) is 14.4 Å². The smallest absolute Gasteiger partial charge is 0.321 e. The third-order valence-electron chi connectivity index (χ3n) is 1.87. The molecule has 0 aliphatic carbocycles. The first-order valence-corrected chi connectivity index (χ1v) is 6.49. The number of hydrogen-bond donors (Lipinski definition) is 1. The van der Waals surface area contributed by atoms with E-state index in [1.54, 1.807) is 13.0 Å². The van der Waals surface area contributed by atoms with E-state index >= 15 is 0 Å². The fourth-order valence-electron chi connectivity index (χ4n) is 1.05. The lowest BCUT2D eigenvalue weighted by Crippen LogP contribution is -2.30. The summed E-state index contributed by atoms with van der Waals surface area (Å²) in [6.45, 7) is 1.35. The Morgan fingerprint density at radius 1 is 1.56 bits per heavy atom. The van der Waals surface area contributed by atoms with Gasteiger partial charge in [-0.05, 0) is 19.1 Å². The van der Waals surface area contributed by atoms with Crippen LogP contribution in [0, 0.1) is 11.3 Å². The van der Waals surface area contributed by atoms with Crippen LogP contribution in [0.1, 0.15) is 12.6 Å². The standard InChI is InChI=1S/C10H11N3O4S/c1-2-17-10(14)7-13-18(15,16)9-4-3-8(5-11)12-6-9/h3-4,6,13H,2,7H2,1H3. The van der Waals surface area contributed by atoms with Crippen molar-refractivity contribution < 1.29 is 17.9 Å². The summed E-state index contributed by atoms with van der Waals surface area (Å²) in [6.07, 6.45) is 1.05. The van der Waals surface area contributed by atoms with Crippen molar-refractivity contribution in [3.05, 3.63) is 24.0 Å². The van der Waals surface area contributed by atoms with Crippen LogP contribution in [-0.4, -0.2) is 32.5 Å². The first kappa shape index (κ1) is 14.1. The molecule has 1 N–H and O–H groups in total. The number of esters is 1. The maximum Gasteiger partial charge on any atom is 0.321 e. The first-order chi connectivity index (χ1) is 8.49. The average Bonchev–Trinajstić information content (AvgIpc) is 2.37. The molecule has 0 aromatic carbocycles. The number of ether oxygens (including phenoxy) is 1. The monoisotopic (exact) mass is 269 g/mol. The van der Waals surface area contributed by atoms with Gasteiger partial charge in [0.2, 0.25) is 10.0 Å². The van der Waals surface area contributed by atoms with Gasteiger partial charge in [-0.25, -0.2) is 13.4 Å². The second-order valence-corrected chi connectivity index (χ2v) is 4.89. The molecule has 0 radical (unpaired) electrons. The predicted molar refractivity (Wildman–Crippen MR) is 60.8 cm³/mol. The highest BCUT2D eigenvalue weighted by molar-refractivity contribution is 7.89. The van der Waals surface area contributed by atoms with Gasteiger partial charge in [-0.2, -0.15) is 9.98 Å². The third kappa shape index (κ3) is 3.80. The van der Waals surface area contributed by atoms with Gasteiger partial charge in [0.25, 0.3) is 0 Å². The maximum absolute atomic E-state index is 11.7. The summed E-state index contributed by atoms with van der Waals surface area (Å²) in [4.78, 5) is 14.5. The summed E-state index contributed by atoms with van der Waals surface area (Å²) < 4.78 is 30.1. The second-order valence-electron chi connectivity index (χ2n) is 3.12. The molecule has 8 heteroatoms. The zero-order chi connectivity index (χ0) is 13.6. The Morgan fingerprint density at radius 3 is 2.78 bits per heavy atom. The molecule has 1 aromatic rings. The molecule has 0 saturated heterocycles. The minimum Gasteiger partial charge on any atom is -0.465 e. The number of sulfonamides is 1. The fourth-order valence-corrected chi connectivity index (χ4v) is 1.97. The fraction of sp³-hybridized carbons (Fsp3) is 0.300. The number of carbonyl (C=O) groups is 1. The van der Waals surface area contributed by atoms with Crippen molar-refractivity contribution in [1.29, 1.82) is 5.26 Å². The van der Waals surface area contributed by atoms with E-state index in [9.17, 15) is 13.2 Å². The van der Waals surface area contributed by atoms with E-state index in [1.807, 2.05) is 0 Å². The molecule has 0 fully saturated rings. The van der Waals surface area contributed by atoms with E-state index in [1.165, 1.54) is 12.1 Å². The molecule has 0 atom stereocenters. The van der Waals surface area contributed by atoms with Gasteiger partial charge in [0.15, 0.2) is 0 Å². The Balaban J connectivity index is 2.74. The van der Waals surface area contributed by atoms with Gasteiger partial charge < -0.3 is 4.74 Å². The van der Waals surface area contributed by atoms with E-state index in [0.717, 1.165) is 6.20 Å². The third-order valence-corrected chi connectivity index (χ3v) is 3.26.